The van der Waals surface area contributed by atoms with E-state index in [0.29, 0.717) is 25.9 Å². The summed E-state index contributed by atoms with van der Waals surface area (Å²) in [5, 5.41) is 0. The van der Waals surface area contributed by atoms with Gasteiger partial charge in [0.15, 0.2) is 0 Å². The smallest absolute Gasteiger partial charge is 0.410 e. The van der Waals surface area contributed by atoms with Crippen molar-refractivity contribution in [3.8, 4) is 0 Å². The fraction of sp³-hybridized carbons (Fsp3) is 0.889. The van der Waals surface area contributed by atoms with Gasteiger partial charge in [-0.3, -0.25) is 0 Å². The second kappa shape index (κ2) is 4.21. The van der Waals surface area contributed by atoms with Gasteiger partial charge in [0, 0.05) is 12.6 Å². The van der Waals surface area contributed by atoms with E-state index in [2.05, 4.69) is 0 Å². The third-order valence-corrected chi connectivity index (χ3v) is 4.85. The lowest BCUT2D eigenvalue weighted by Crippen LogP contribution is -2.42. The minimum absolute atomic E-state index is 0.00688. The number of amides is 1. The van der Waals surface area contributed by atoms with Crippen molar-refractivity contribution in [1.82, 2.24) is 4.90 Å². The molecule has 16 heavy (non-hydrogen) atoms. The molecule has 2 saturated heterocycles. The predicted molar refractivity (Wildman–Crippen MR) is 57.7 cm³/mol. The highest BCUT2D eigenvalue weighted by Crippen LogP contribution is 2.22. The largest absolute Gasteiger partial charge is 0.443 e. The summed E-state index contributed by atoms with van der Waals surface area (Å²) in [7, 11) is -2.89. The maximum atomic E-state index is 11.5. The minimum atomic E-state index is -2.89. The zero-order valence-electron chi connectivity index (χ0n) is 8.96. The van der Waals surface area contributed by atoms with Gasteiger partial charge < -0.3 is 15.4 Å². The van der Waals surface area contributed by atoms with Crippen LogP contribution in [0.25, 0.3) is 0 Å². The highest BCUT2D eigenvalue weighted by molar-refractivity contribution is 7.91. The van der Waals surface area contributed by atoms with Crippen LogP contribution in [-0.4, -0.2) is 56.2 Å². The van der Waals surface area contributed by atoms with E-state index in [4.69, 9.17) is 10.5 Å². The second-order valence-corrected chi connectivity index (χ2v) is 6.58. The maximum absolute atomic E-state index is 11.5. The topological polar surface area (TPSA) is 89.7 Å². The number of hydrogen-bond donors (Lipinski definition) is 1. The molecule has 92 valence electrons. The summed E-state index contributed by atoms with van der Waals surface area (Å²) in [5.41, 5.74) is 5.43. The molecular weight excluding hydrogens is 232 g/mol. The molecule has 2 aliphatic rings. The Bertz CT molecular complexity index is 367. The van der Waals surface area contributed by atoms with Crippen molar-refractivity contribution in [2.45, 2.75) is 25.0 Å². The van der Waals surface area contributed by atoms with Gasteiger partial charge in [-0.1, -0.05) is 0 Å². The van der Waals surface area contributed by atoms with Crippen LogP contribution in [0.15, 0.2) is 0 Å². The Morgan fingerprint density at radius 2 is 2.00 bits per heavy atom. The van der Waals surface area contributed by atoms with Crippen molar-refractivity contribution in [2.75, 3.05) is 24.6 Å². The van der Waals surface area contributed by atoms with Crippen LogP contribution in [0.1, 0.15) is 12.8 Å². The lowest BCUT2D eigenvalue weighted by atomic mass is 10.1. The summed E-state index contributed by atoms with van der Waals surface area (Å²) >= 11 is 0. The van der Waals surface area contributed by atoms with Crippen molar-refractivity contribution in [3.05, 3.63) is 0 Å². The number of nitrogens with two attached hydrogens (primary N) is 1. The first kappa shape index (κ1) is 11.7. The van der Waals surface area contributed by atoms with E-state index in [1.807, 2.05) is 0 Å². The highest BCUT2D eigenvalue weighted by atomic mass is 32.2. The first-order chi connectivity index (χ1) is 7.52. The molecule has 0 aromatic carbocycles. The van der Waals surface area contributed by atoms with Gasteiger partial charge in [0.1, 0.15) is 15.9 Å². The van der Waals surface area contributed by atoms with Crippen molar-refractivity contribution < 1.29 is 17.9 Å². The summed E-state index contributed by atoms with van der Waals surface area (Å²) < 4.78 is 27.6. The quantitative estimate of drug-likeness (QED) is 0.701. The molecular formula is C9H16N2O4S. The Hall–Kier alpha value is -0.820. The van der Waals surface area contributed by atoms with Gasteiger partial charge in [0.25, 0.3) is 0 Å². The molecule has 0 unspecified atom stereocenters. The zero-order valence-corrected chi connectivity index (χ0v) is 9.78. The van der Waals surface area contributed by atoms with E-state index in [0.717, 1.165) is 0 Å². The second-order valence-electron chi connectivity index (χ2n) is 4.28. The maximum Gasteiger partial charge on any atom is 0.410 e. The van der Waals surface area contributed by atoms with E-state index in [-0.39, 0.29) is 29.7 Å². The summed E-state index contributed by atoms with van der Waals surface area (Å²) in [6.45, 7) is 0.799. The average Bonchev–Trinajstić information content (AvgIpc) is 2.60. The Morgan fingerprint density at radius 3 is 2.50 bits per heavy atom. The summed E-state index contributed by atoms with van der Waals surface area (Å²) in [6, 6.07) is -0.00688. The molecule has 0 aromatic heterocycles. The normalized spacial score (nSPS) is 30.4. The van der Waals surface area contributed by atoms with Crippen molar-refractivity contribution in [3.63, 3.8) is 0 Å². The van der Waals surface area contributed by atoms with Crippen molar-refractivity contribution in [1.29, 1.82) is 0 Å². The van der Waals surface area contributed by atoms with E-state index in [1.165, 1.54) is 0 Å². The molecule has 2 fully saturated rings. The number of nitrogens with zero attached hydrogens (tertiary/aromatic N) is 1. The van der Waals surface area contributed by atoms with Crippen LogP contribution in [0.3, 0.4) is 0 Å². The molecule has 0 aromatic rings. The molecule has 1 atom stereocenters. The van der Waals surface area contributed by atoms with Gasteiger partial charge in [-0.25, -0.2) is 13.2 Å². The summed E-state index contributed by atoms with van der Waals surface area (Å²) in [5.74, 6) is 0.323. The van der Waals surface area contributed by atoms with Gasteiger partial charge >= 0.3 is 6.09 Å². The molecule has 6 nitrogen and oxygen atoms in total. The minimum Gasteiger partial charge on any atom is -0.443 e. The van der Waals surface area contributed by atoms with Crippen LogP contribution in [0.4, 0.5) is 4.79 Å². The molecule has 0 saturated carbocycles. The molecule has 0 bridgehead atoms. The molecule has 2 rings (SSSR count). The van der Waals surface area contributed by atoms with Gasteiger partial charge in [-0.05, 0) is 12.8 Å². The number of cyclic esters (lactones) is 1. The van der Waals surface area contributed by atoms with Crippen LogP contribution in [-0.2, 0) is 14.6 Å². The highest BCUT2D eigenvalue weighted by Gasteiger charge is 2.37. The van der Waals surface area contributed by atoms with E-state index in [1.54, 1.807) is 4.90 Å². The Kier molecular flexibility index (Phi) is 3.07. The fourth-order valence-electron chi connectivity index (χ4n) is 2.15. The predicted octanol–water partition coefficient (Wildman–Crippen LogP) is -0.657. The number of hydrogen-bond acceptors (Lipinski definition) is 5. The van der Waals surface area contributed by atoms with Gasteiger partial charge in [0.05, 0.1) is 18.1 Å². The van der Waals surface area contributed by atoms with E-state index < -0.39 is 9.84 Å². The number of ether oxygens (including phenoxy) is 1. The molecule has 0 radical (unpaired) electrons. The van der Waals surface area contributed by atoms with Gasteiger partial charge in [-0.15, -0.1) is 0 Å². The molecule has 0 spiro atoms. The third kappa shape index (κ3) is 2.30. The number of rotatable bonds is 2. The number of carbonyl (C=O) groups excluding carboxylic acids is 1. The lowest BCUT2D eigenvalue weighted by molar-refractivity contribution is 0.128. The van der Waals surface area contributed by atoms with Crippen LogP contribution < -0.4 is 5.73 Å². The monoisotopic (exact) mass is 248 g/mol. The van der Waals surface area contributed by atoms with E-state index in [9.17, 15) is 13.2 Å². The SMILES string of the molecule is NC[C@H]1CN(C2CCS(=O)(=O)CC2)C(=O)O1. The fourth-order valence-corrected chi connectivity index (χ4v) is 3.62. The first-order valence-corrected chi connectivity index (χ1v) is 7.22. The van der Waals surface area contributed by atoms with Crippen molar-refractivity contribution in [2.24, 2.45) is 5.73 Å². The molecule has 2 N–H and O–H groups in total. The van der Waals surface area contributed by atoms with Crippen molar-refractivity contribution >= 4 is 15.9 Å². The van der Waals surface area contributed by atoms with Gasteiger partial charge in [-0.2, -0.15) is 0 Å². The van der Waals surface area contributed by atoms with Gasteiger partial charge in [0.2, 0.25) is 0 Å². The van der Waals surface area contributed by atoms with Crippen LogP contribution in [0.2, 0.25) is 0 Å². The number of sulfone groups is 1. The average molecular weight is 248 g/mol. The van der Waals surface area contributed by atoms with Crippen LogP contribution in [0, 0.1) is 0 Å². The summed E-state index contributed by atoms with van der Waals surface area (Å²) in [6.07, 6.45) is 0.412. The lowest BCUT2D eigenvalue weighted by Gasteiger charge is -2.28. The summed E-state index contributed by atoms with van der Waals surface area (Å²) in [4.78, 5) is 13.1. The Labute approximate surface area is 94.6 Å². The Morgan fingerprint density at radius 1 is 1.38 bits per heavy atom. The molecule has 2 heterocycles. The molecule has 1 amide bonds. The third-order valence-electron chi connectivity index (χ3n) is 3.13. The zero-order chi connectivity index (χ0) is 11.8. The first-order valence-electron chi connectivity index (χ1n) is 5.39. The van der Waals surface area contributed by atoms with E-state index >= 15 is 0 Å². The Balaban J connectivity index is 1.97. The van der Waals surface area contributed by atoms with Crippen LogP contribution in [0.5, 0.6) is 0 Å². The molecule has 7 heteroatoms. The molecule has 0 aliphatic carbocycles. The number of carbonyl (C=O) groups is 1. The molecule has 2 aliphatic heterocycles. The standard InChI is InChI=1S/C9H16N2O4S/c10-5-8-6-11(9(12)15-8)7-1-3-16(13,14)4-2-7/h7-8H,1-6,10H2/t8-/m0/s1. The van der Waals surface area contributed by atoms with Crippen LogP contribution >= 0.6 is 0 Å².